The molecule has 1 aromatic rings. The van der Waals surface area contributed by atoms with Gasteiger partial charge in [-0.3, -0.25) is 0 Å². The van der Waals surface area contributed by atoms with Gasteiger partial charge in [0.2, 0.25) is 10.0 Å². The standard InChI is InChI=1S/C14H21NO4S2/c1-10-9-20-12(14(16)17)13(10)21(18,19)15-11-7-5-3-2-4-6-8-11/h9,11,15H,2-8H2,1H3,(H,16,17). The molecular weight excluding hydrogens is 310 g/mol. The number of thiophene rings is 1. The van der Waals surface area contributed by atoms with Gasteiger partial charge in [-0.15, -0.1) is 11.3 Å². The molecule has 0 unspecified atom stereocenters. The first-order valence-corrected chi connectivity index (χ1v) is 9.62. The number of aromatic carboxylic acids is 1. The van der Waals surface area contributed by atoms with E-state index in [4.69, 9.17) is 5.11 Å². The fourth-order valence-corrected chi connectivity index (χ4v) is 5.70. The van der Waals surface area contributed by atoms with Crippen LogP contribution in [-0.2, 0) is 10.0 Å². The molecule has 21 heavy (non-hydrogen) atoms. The van der Waals surface area contributed by atoms with Crippen molar-refractivity contribution in [2.75, 3.05) is 0 Å². The van der Waals surface area contributed by atoms with E-state index in [2.05, 4.69) is 4.72 Å². The lowest BCUT2D eigenvalue weighted by atomic mass is 9.97. The van der Waals surface area contributed by atoms with Crippen molar-refractivity contribution in [1.82, 2.24) is 4.72 Å². The van der Waals surface area contributed by atoms with E-state index in [1.807, 2.05) is 0 Å². The Kier molecular flexibility index (Phi) is 5.40. The van der Waals surface area contributed by atoms with Gasteiger partial charge in [0.25, 0.3) is 0 Å². The summed E-state index contributed by atoms with van der Waals surface area (Å²) in [5.74, 6) is -1.19. The van der Waals surface area contributed by atoms with Gasteiger partial charge in [0, 0.05) is 6.04 Å². The van der Waals surface area contributed by atoms with Crippen LogP contribution >= 0.6 is 11.3 Å². The molecule has 0 saturated heterocycles. The van der Waals surface area contributed by atoms with Crippen molar-refractivity contribution in [3.05, 3.63) is 15.8 Å². The second-order valence-corrected chi connectivity index (χ2v) is 8.08. The van der Waals surface area contributed by atoms with E-state index in [1.54, 1.807) is 12.3 Å². The molecule has 2 rings (SSSR count). The van der Waals surface area contributed by atoms with E-state index in [1.165, 1.54) is 6.42 Å². The van der Waals surface area contributed by atoms with Gasteiger partial charge >= 0.3 is 5.97 Å². The maximum Gasteiger partial charge on any atom is 0.347 e. The highest BCUT2D eigenvalue weighted by molar-refractivity contribution is 7.89. The third-order valence-electron chi connectivity index (χ3n) is 3.81. The number of carbonyl (C=O) groups is 1. The van der Waals surface area contributed by atoms with Crippen LogP contribution in [0.1, 0.15) is 60.2 Å². The SMILES string of the molecule is Cc1csc(C(=O)O)c1S(=O)(=O)NC1CCCCCCC1. The Morgan fingerprint density at radius 1 is 1.24 bits per heavy atom. The minimum atomic E-state index is -3.77. The monoisotopic (exact) mass is 331 g/mol. The van der Waals surface area contributed by atoms with Gasteiger partial charge in [0.15, 0.2) is 0 Å². The van der Waals surface area contributed by atoms with Crippen LogP contribution < -0.4 is 4.72 Å². The largest absolute Gasteiger partial charge is 0.477 e. The molecule has 1 aliphatic rings. The van der Waals surface area contributed by atoms with Crippen LogP contribution in [0, 0.1) is 6.92 Å². The average Bonchev–Trinajstić information content (AvgIpc) is 2.75. The maximum atomic E-state index is 12.5. The first-order valence-electron chi connectivity index (χ1n) is 7.25. The summed E-state index contributed by atoms with van der Waals surface area (Å²) >= 11 is 0.962. The number of aryl methyl sites for hydroxylation is 1. The summed E-state index contributed by atoms with van der Waals surface area (Å²) in [7, 11) is -3.77. The highest BCUT2D eigenvalue weighted by Gasteiger charge is 2.28. The summed E-state index contributed by atoms with van der Waals surface area (Å²) in [6.07, 6.45) is 7.16. The van der Waals surface area contributed by atoms with E-state index >= 15 is 0 Å². The number of nitrogens with one attached hydrogen (secondary N) is 1. The van der Waals surface area contributed by atoms with Gasteiger partial charge in [-0.2, -0.15) is 0 Å². The first kappa shape index (κ1) is 16.5. The molecule has 0 amide bonds. The van der Waals surface area contributed by atoms with Crippen LogP contribution in [0.4, 0.5) is 0 Å². The molecule has 1 heterocycles. The van der Waals surface area contributed by atoms with Crippen LogP contribution in [0.25, 0.3) is 0 Å². The molecule has 2 N–H and O–H groups in total. The zero-order valence-electron chi connectivity index (χ0n) is 12.1. The average molecular weight is 331 g/mol. The van der Waals surface area contributed by atoms with Crippen LogP contribution in [0.2, 0.25) is 0 Å². The van der Waals surface area contributed by atoms with Crippen molar-refractivity contribution in [3.8, 4) is 0 Å². The molecule has 0 aliphatic heterocycles. The van der Waals surface area contributed by atoms with Gasteiger partial charge in [0.1, 0.15) is 9.77 Å². The lowest BCUT2D eigenvalue weighted by molar-refractivity contribution is 0.0698. The Morgan fingerprint density at radius 3 is 2.38 bits per heavy atom. The zero-order chi connectivity index (χ0) is 15.5. The quantitative estimate of drug-likeness (QED) is 0.888. The molecule has 5 nitrogen and oxygen atoms in total. The number of carboxylic acids is 1. The summed E-state index contributed by atoms with van der Waals surface area (Å²) in [5.41, 5.74) is 0.496. The van der Waals surface area contributed by atoms with Gasteiger partial charge in [-0.25, -0.2) is 17.9 Å². The Hall–Kier alpha value is -0.920. The van der Waals surface area contributed by atoms with E-state index in [0.717, 1.165) is 49.9 Å². The van der Waals surface area contributed by atoms with E-state index in [9.17, 15) is 13.2 Å². The van der Waals surface area contributed by atoms with Crippen molar-refractivity contribution in [3.63, 3.8) is 0 Å². The maximum absolute atomic E-state index is 12.5. The zero-order valence-corrected chi connectivity index (χ0v) is 13.7. The Morgan fingerprint density at radius 2 is 1.81 bits per heavy atom. The number of sulfonamides is 1. The second kappa shape index (κ2) is 6.89. The molecule has 1 fully saturated rings. The summed E-state index contributed by atoms with van der Waals surface area (Å²) in [6.45, 7) is 1.63. The van der Waals surface area contributed by atoms with Crippen molar-refractivity contribution in [1.29, 1.82) is 0 Å². The third-order valence-corrected chi connectivity index (χ3v) is 6.73. The van der Waals surface area contributed by atoms with Crippen molar-refractivity contribution in [2.24, 2.45) is 0 Å². The highest BCUT2D eigenvalue weighted by Crippen LogP contribution is 2.28. The minimum absolute atomic E-state index is 0.0675. The molecule has 118 valence electrons. The van der Waals surface area contributed by atoms with Crippen molar-refractivity contribution >= 4 is 27.3 Å². The number of carboxylic acid groups (broad SMARTS) is 1. The fourth-order valence-electron chi connectivity index (χ4n) is 2.77. The van der Waals surface area contributed by atoms with Gasteiger partial charge in [-0.1, -0.05) is 32.1 Å². The van der Waals surface area contributed by atoms with Gasteiger partial charge in [-0.05, 0) is 30.7 Å². The van der Waals surface area contributed by atoms with Crippen LogP contribution in [0.5, 0.6) is 0 Å². The summed E-state index contributed by atoms with van der Waals surface area (Å²) < 4.78 is 27.8. The molecule has 0 aromatic carbocycles. The smallest absolute Gasteiger partial charge is 0.347 e. The lowest BCUT2D eigenvalue weighted by Crippen LogP contribution is -2.36. The van der Waals surface area contributed by atoms with Crippen LogP contribution in [0.15, 0.2) is 10.3 Å². The minimum Gasteiger partial charge on any atom is -0.477 e. The van der Waals surface area contributed by atoms with Crippen molar-refractivity contribution in [2.45, 2.75) is 62.8 Å². The Labute approximate surface area is 129 Å². The van der Waals surface area contributed by atoms with E-state index in [-0.39, 0.29) is 15.8 Å². The van der Waals surface area contributed by atoms with Gasteiger partial charge in [0.05, 0.1) is 0 Å². The number of rotatable bonds is 4. The van der Waals surface area contributed by atoms with E-state index in [0.29, 0.717) is 5.56 Å². The molecule has 1 saturated carbocycles. The number of hydrogen-bond donors (Lipinski definition) is 2. The normalized spacial score (nSPS) is 18.1. The molecule has 1 aliphatic carbocycles. The molecule has 0 radical (unpaired) electrons. The highest BCUT2D eigenvalue weighted by atomic mass is 32.2. The van der Waals surface area contributed by atoms with E-state index < -0.39 is 16.0 Å². The molecule has 0 bridgehead atoms. The lowest BCUT2D eigenvalue weighted by Gasteiger charge is -2.21. The summed E-state index contributed by atoms with van der Waals surface area (Å²) in [4.78, 5) is 11.0. The molecular formula is C14H21NO4S2. The Balaban J connectivity index is 2.21. The predicted molar refractivity (Wildman–Crippen MR) is 82.4 cm³/mol. The second-order valence-electron chi connectivity index (χ2n) is 5.55. The summed E-state index contributed by atoms with van der Waals surface area (Å²) in [5, 5.41) is 10.7. The summed E-state index contributed by atoms with van der Waals surface area (Å²) in [6, 6.07) is -0.0868. The number of hydrogen-bond acceptors (Lipinski definition) is 4. The molecule has 0 atom stereocenters. The van der Waals surface area contributed by atoms with Crippen molar-refractivity contribution < 1.29 is 18.3 Å². The Bertz CT molecular complexity index is 598. The van der Waals surface area contributed by atoms with Gasteiger partial charge < -0.3 is 5.11 Å². The molecule has 0 spiro atoms. The third kappa shape index (κ3) is 4.05. The van der Waals surface area contributed by atoms with Crippen LogP contribution in [-0.4, -0.2) is 25.5 Å². The predicted octanol–water partition coefficient (Wildman–Crippen LogP) is 3.15. The molecule has 1 aromatic heterocycles. The topological polar surface area (TPSA) is 83.5 Å². The fraction of sp³-hybridized carbons (Fsp3) is 0.643. The molecule has 7 heteroatoms. The first-order chi connectivity index (χ1) is 9.92. The van der Waals surface area contributed by atoms with Crippen LogP contribution in [0.3, 0.4) is 0 Å².